The number of aliphatic hydroxyl groups excluding tert-OH is 1. The van der Waals surface area contributed by atoms with Crippen molar-refractivity contribution in [1.29, 1.82) is 0 Å². The largest absolute Gasteiger partial charge is 0.442 e. The highest BCUT2D eigenvalue weighted by atomic mass is 19.1. The Labute approximate surface area is 128 Å². The van der Waals surface area contributed by atoms with Crippen molar-refractivity contribution in [3.05, 3.63) is 35.4 Å². The minimum atomic E-state index is -1.57. The molecule has 1 aromatic rings. The predicted octanol–water partition coefficient (Wildman–Crippen LogP) is 2.91. The number of halogens is 2. The zero-order valence-electron chi connectivity index (χ0n) is 12.7. The van der Waals surface area contributed by atoms with E-state index >= 15 is 0 Å². The van der Waals surface area contributed by atoms with Gasteiger partial charge in [0.1, 0.15) is 23.8 Å². The molecule has 0 radical (unpaired) electrons. The van der Waals surface area contributed by atoms with Crippen molar-refractivity contribution >= 4 is 6.09 Å². The van der Waals surface area contributed by atoms with E-state index in [4.69, 9.17) is 11.2 Å². The van der Waals surface area contributed by atoms with Crippen LogP contribution in [-0.4, -0.2) is 22.8 Å². The second kappa shape index (κ2) is 7.23. The normalized spacial score (nSPS) is 13.9. The number of nitrogens with one attached hydrogen (secondary N) is 1. The summed E-state index contributed by atoms with van der Waals surface area (Å²) in [6.45, 7) is 5.23. The van der Waals surface area contributed by atoms with Crippen molar-refractivity contribution in [2.75, 3.05) is 0 Å². The maximum absolute atomic E-state index is 13.7. The van der Waals surface area contributed by atoms with Crippen LogP contribution in [0.4, 0.5) is 13.6 Å². The molecular weight excluding hydrogens is 292 g/mol. The Morgan fingerprint density at radius 2 is 2.09 bits per heavy atom. The smallest absolute Gasteiger partial charge is 0.407 e. The van der Waals surface area contributed by atoms with Gasteiger partial charge in [-0.15, -0.1) is 12.3 Å². The van der Waals surface area contributed by atoms with Crippen molar-refractivity contribution < 1.29 is 23.4 Å². The lowest BCUT2D eigenvalue weighted by molar-refractivity contribution is 0.000416. The van der Waals surface area contributed by atoms with Crippen molar-refractivity contribution in [1.82, 2.24) is 5.32 Å². The summed E-state index contributed by atoms with van der Waals surface area (Å²) in [4.78, 5) is 11.8. The lowest BCUT2D eigenvalue weighted by Crippen LogP contribution is -2.43. The second-order valence-electron chi connectivity index (χ2n) is 5.84. The Balaban J connectivity index is 2.93. The number of rotatable bonds is 4. The fourth-order valence-electron chi connectivity index (χ4n) is 1.75. The number of benzene rings is 1. The summed E-state index contributed by atoms with van der Waals surface area (Å²) in [7, 11) is 0. The molecule has 1 rings (SSSR count). The number of hydrogen-bond acceptors (Lipinski definition) is 3. The first-order valence-corrected chi connectivity index (χ1v) is 6.69. The van der Waals surface area contributed by atoms with Gasteiger partial charge >= 0.3 is 6.09 Å². The Hall–Kier alpha value is -2.13. The van der Waals surface area contributed by atoms with Crippen molar-refractivity contribution in [3.8, 4) is 12.3 Å². The maximum atomic E-state index is 13.7. The third-order valence-corrected chi connectivity index (χ3v) is 2.68. The molecule has 0 aliphatic carbocycles. The summed E-state index contributed by atoms with van der Waals surface area (Å²) in [5.74, 6) is 0.716. The van der Waals surface area contributed by atoms with Gasteiger partial charge in [0.2, 0.25) is 0 Å². The van der Waals surface area contributed by atoms with E-state index in [1.54, 1.807) is 20.8 Å². The molecule has 0 saturated heterocycles. The summed E-state index contributed by atoms with van der Waals surface area (Å²) < 4.78 is 31.9. The molecule has 2 atom stereocenters. The number of terminal acetylenes is 1. The zero-order chi connectivity index (χ0) is 16.9. The van der Waals surface area contributed by atoms with Gasteiger partial charge in [-0.2, -0.15) is 0 Å². The molecular formula is C16H19F2NO3. The number of amides is 1. The van der Waals surface area contributed by atoms with E-state index in [2.05, 4.69) is 11.2 Å². The fourth-order valence-corrected chi connectivity index (χ4v) is 1.75. The third kappa shape index (κ3) is 5.34. The fraction of sp³-hybridized carbons (Fsp3) is 0.438. The van der Waals surface area contributed by atoms with Gasteiger partial charge in [-0.25, -0.2) is 13.6 Å². The molecule has 6 heteroatoms. The van der Waals surface area contributed by atoms with Gasteiger partial charge < -0.3 is 15.2 Å². The van der Waals surface area contributed by atoms with Gasteiger partial charge in [0.15, 0.2) is 0 Å². The van der Waals surface area contributed by atoms with Gasteiger partial charge in [0, 0.05) is 17.5 Å². The van der Waals surface area contributed by atoms with Crippen LogP contribution in [0.1, 0.15) is 38.9 Å². The molecule has 0 aliphatic rings. The third-order valence-electron chi connectivity index (χ3n) is 2.68. The zero-order valence-corrected chi connectivity index (χ0v) is 12.7. The molecule has 0 fully saturated rings. The van der Waals surface area contributed by atoms with Gasteiger partial charge in [0.25, 0.3) is 0 Å². The van der Waals surface area contributed by atoms with E-state index in [0.29, 0.717) is 0 Å². The summed E-state index contributed by atoms with van der Waals surface area (Å²) in [5.41, 5.74) is -0.865. The Morgan fingerprint density at radius 3 is 2.64 bits per heavy atom. The summed E-state index contributed by atoms with van der Waals surface area (Å²) in [6, 6.07) is 2.65. The van der Waals surface area contributed by atoms with Crippen molar-refractivity contribution in [2.24, 2.45) is 0 Å². The van der Waals surface area contributed by atoms with Crippen LogP contribution >= 0.6 is 0 Å². The van der Waals surface area contributed by atoms with Crippen molar-refractivity contribution in [2.45, 2.75) is 44.9 Å². The number of hydrogen-bond donors (Lipinski definition) is 2. The van der Waals surface area contributed by atoms with Crippen LogP contribution in [0.3, 0.4) is 0 Å². The minimum absolute atomic E-state index is 0.144. The van der Waals surface area contributed by atoms with Gasteiger partial charge in [-0.1, -0.05) is 0 Å². The number of aliphatic hydroxyl groups is 1. The standard InChI is InChI=1S/C16H19F2NO3/c1-5-6-13(22-15(21)19-16(2,3)4)14(20)11-9-10(17)7-8-12(11)18/h1,7-9,13-14,20H,6H2,2-4H3,(H,19,21)/t13-,14-/m1/s1. The van der Waals surface area contributed by atoms with E-state index in [0.717, 1.165) is 18.2 Å². The molecule has 0 heterocycles. The van der Waals surface area contributed by atoms with E-state index in [9.17, 15) is 18.7 Å². The molecule has 0 aliphatic heterocycles. The quantitative estimate of drug-likeness (QED) is 0.841. The minimum Gasteiger partial charge on any atom is -0.442 e. The number of ether oxygens (including phenoxy) is 1. The topological polar surface area (TPSA) is 58.6 Å². The molecule has 1 aromatic carbocycles. The average molecular weight is 311 g/mol. The molecule has 0 bridgehead atoms. The molecule has 0 aromatic heterocycles. The summed E-state index contributed by atoms with van der Waals surface area (Å²) >= 11 is 0. The van der Waals surface area contributed by atoms with E-state index in [1.165, 1.54) is 0 Å². The summed E-state index contributed by atoms with van der Waals surface area (Å²) in [5, 5.41) is 12.7. The SMILES string of the molecule is C#CC[C@@H](OC(=O)NC(C)(C)C)[C@H](O)c1cc(F)ccc1F. The van der Waals surface area contributed by atoms with Crippen LogP contribution in [0.5, 0.6) is 0 Å². The van der Waals surface area contributed by atoms with Crippen LogP contribution in [0.2, 0.25) is 0 Å². The molecule has 2 N–H and O–H groups in total. The van der Waals surface area contributed by atoms with Crippen LogP contribution < -0.4 is 5.32 Å². The highest BCUT2D eigenvalue weighted by Gasteiger charge is 2.28. The highest BCUT2D eigenvalue weighted by molar-refractivity contribution is 5.68. The Morgan fingerprint density at radius 1 is 1.45 bits per heavy atom. The number of carbonyl (C=O) groups excluding carboxylic acids is 1. The molecule has 4 nitrogen and oxygen atoms in total. The first-order chi connectivity index (χ1) is 10.1. The van der Waals surface area contributed by atoms with Crippen molar-refractivity contribution in [3.63, 3.8) is 0 Å². The van der Waals surface area contributed by atoms with Crippen LogP contribution in [0, 0.1) is 24.0 Å². The average Bonchev–Trinajstić information content (AvgIpc) is 2.38. The molecule has 120 valence electrons. The first kappa shape index (κ1) is 17.9. The predicted molar refractivity (Wildman–Crippen MR) is 77.9 cm³/mol. The van der Waals surface area contributed by atoms with E-state index in [-0.39, 0.29) is 12.0 Å². The first-order valence-electron chi connectivity index (χ1n) is 6.69. The molecule has 1 amide bonds. The highest BCUT2D eigenvalue weighted by Crippen LogP contribution is 2.25. The Bertz CT molecular complexity index is 576. The van der Waals surface area contributed by atoms with Gasteiger partial charge in [-0.3, -0.25) is 0 Å². The van der Waals surface area contributed by atoms with E-state index < -0.39 is 35.5 Å². The van der Waals surface area contributed by atoms with Crippen LogP contribution in [0.25, 0.3) is 0 Å². The summed E-state index contributed by atoms with van der Waals surface area (Å²) in [6.07, 6.45) is 1.47. The lowest BCUT2D eigenvalue weighted by Gasteiger charge is -2.25. The molecule has 0 saturated carbocycles. The Kier molecular flexibility index (Phi) is 5.89. The molecule has 0 spiro atoms. The molecule has 22 heavy (non-hydrogen) atoms. The van der Waals surface area contributed by atoms with Gasteiger partial charge in [0.05, 0.1) is 0 Å². The monoisotopic (exact) mass is 311 g/mol. The molecule has 0 unspecified atom stereocenters. The van der Waals surface area contributed by atoms with Crippen LogP contribution in [0.15, 0.2) is 18.2 Å². The number of alkyl carbamates (subject to hydrolysis) is 1. The van der Waals surface area contributed by atoms with Crippen LogP contribution in [-0.2, 0) is 4.74 Å². The second-order valence-corrected chi connectivity index (χ2v) is 5.84. The maximum Gasteiger partial charge on any atom is 0.407 e. The van der Waals surface area contributed by atoms with Gasteiger partial charge in [-0.05, 0) is 39.0 Å². The lowest BCUT2D eigenvalue weighted by atomic mass is 10.0. The number of carbonyl (C=O) groups is 1. The van der Waals surface area contributed by atoms with E-state index in [1.807, 2.05) is 0 Å².